The summed E-state index contributed by atoms with van der Waals surface area (Å²) in [5.41, 5.74) is 0.787. The molecule has 0 saturated carbocycles. The summed E-state index contributed by atoms with van der Waals surface area (Å²) in [6, 6.07) is 7.22. The SMILES string of the molecule is O=CN(C(=O)Nc1ccc2c(c1)OCO2)c1ccnc(Cl)c1. The van der Waals surface area contributed by atoms with E-state index in [1.807, 2.05) is 0 Å². The van der Waals surface area contributed by atoms with Gasteiger partial charge in [0.1, 0.15) is 5.15 Å². The molecule has 0 radical (unpaired) electrons. The van der Waals surface area contributed by atoms with Crippen molar-refractivity contribution in [3.05, 3.63) is 41.7 Å². The van der Waals surface area contributed by atoms with Crippen molar-refractivity contribution in [2.75, 3.05) is 17.0 Å². The fraction of sp³-hybridized carbons (Fsp3) is 0.0714. The van der Waals surface area contributed by atoms with Crippen molar-refractivity contribution >= 4 is 35.4 Å². The lowest BCUT2D eigenvalue weighted by Crippen LogP contribution is -2.33. The Bertz CT molecular complexity index is 738. The van der Waals surface area contributed by atoms with E-state index in [4.69, 9.17) is 21.1 Å². The van der Waals surface area contributed by atoms with Gasteiger partial charge in [-0.3, -0.25) is 4.79 Å². The molecule has 1 aliphatic heterocycles. The van der Waals surface area contributed by atoms with Crippen LogP contribution in [-0.4, -0.2) is 24.2 Å². The second kappa shape index (κ2) is 5.90. The number of pyridine rings is 1. The minimum Gasteiger partial charge on any atom is -0.454 e. The third-order valence-corrected chi connectivity index (χ3v) is 3.14. The molecule has 8 heteroatoms. The van der Waals surface area contributed by atoms with E-state index in [2.05, 4.69) is 10.3 Å². The summed E-state index contributed by atoms with van der Waals surface area (Å²) in [6.45, 7) is 0.142. The Morgan fingerprint density at radius 1 is 1.27 bits per heavy atom. The third-order valence-electron chi connectivity index (χ3n) is 2.94. The fourth-order valence-corrected chi connectivity index (χ4v) is 2.09. The topological polar surface area (TPSA) is 80.8 Å². The lowest BCUT2D eigenvalue weighted by molar-refractivity contribution is -0.106. The van der Waals surface area contributed by atoms with E-state index in [0.717, 1.165) is 4.90 Å². The number of carbonyl (C=O) groups excluding carboxylic acids is 2. The summed E-state index contributed by atoms with van der Waals surface area (Å²) < 4.78 is 10.4. The molecule has 0 spiro atoms. The first-order chi connectivity index (χ1) is 10.7. The molecule has 0 aliphatic carbocycles. The van der Waals surface area contributed by atoms with E-state index in [9.17, 15) is 9.59 Å². The molecule has 1 aliphatic rings. The maximum absolute atomic E-state index is 12.2. The second-order valence-electron chi connectivity index (χ2n) is 4.31. The van der Waals surface area contributed by atoms with Crippen molar-refractivity contribution in [3.63, 3.8) is 0 Å². The fourth-order valence-electron chi connectivity index (χ4n) is 1.93. The minimum absolute atomic E-state index is 0.142. The predicted molar refractivity (Wildman–Crippen MR) is 79.4 cm³/mol. The van der Waals surface area contributed by atoms with Gasteiger partial charge < -0.3 is 14.8 Å². The molecule has 2 aromatic rings. The van der Waals surface area contributed by atoms with Crippen molar-refractivity contribution in [1.82, 2.24) is 4.98 Å². The molecule has 3 rings (SSSR count). The van der Waals surface area contributed by atoms with Crippen LogP contribution in [0.1, 0.15) is 0 Å². The third kappa shape index (κ3) is 2.79. The van der Waals surface area contributed by atoms with Gasteiger partial charge in [-0.25, -0.2) is 14.7 Å². The molecule has 0 saturated heterocycles. The van der Waals surface area contributed by atoms with Crippen LogP contribution in [0.5, 0.6) is 11.5 Å². The van der Waals surface area contributed by atoms with Gasteiger partial charge in [0.2, 0.25) is 13.2 Å². The summed E-state index contributed by atoms with van der Waals surface area (Å²) in [6.07, 6.45) is 1.80. The van der Waals surface area contributed by atoms with Gasteiger partial charge in [-0.1, -0.05) is 11.6 Å². The zero-order valence-electron chi connectivity index (χ0n) is 11.2. The van der Waals surface area contributed by atoms with Crippen molar-refractivity contribution in [2.45, 2.75) is 0 Å². The number of halogens is 1. The number of hydrogen-bond donors (Lipinski definition) is 1. The van der Waals surface area contributed by atoms with Gasteiger partial charge in [-0.15, -0.1) is 0 Å². The van der Waals surface area contributed by atoms with Crippen molar-refractivity contribution in [3.8, 4) is 11.5 Å². The molecule has 1 N–H and O–H groups in total. The van der Waals surface area contributed by atoms with Gasteiger partial charge in [0.05, 0.1) is 5.69 Å². The zero-order chi connectivity index (χ0) is 15.5. The van der Waals surface area contributed by atoms with Crippen LogP contribution in [0.25, 0.3) is 0 Å². The molecule has 1 aromatic carbocycles. The molecule has 112 valence electrons. The molecule has 0 bridgehead atoms. The van der Waals surface area contributed by atoms with Gasteiger partial charge in [0.25, 0.3) is 0 Å². The van der Waals surface area contributed by atoms with E-state index in [1.165, 1.54) is 18.3 Å². The lowest BCUT2D eigenvalue weighted by Gasteiger charge is -2.16. The largest absolute Gasteiger partial charge is 0.454 e. The first-order valence-electron chi connectivity index (χ1n) is 6.24. The number of hydrogen-bond acceptors (Lipinski definition) is 5. The van der Waals surface area contributed by atoms with Crippen molar-refractivity contribution < 1.29 is 19.1 Å². The Morgan fingerprint density at radius 3 is 2.86 bits per heavy atom. The van der Waals surface area contributed by atoms with Crippen LogP contribution in [0.15, 0.2) is 36.5 Å². The number of rotatable bonds is 3. The van der Waals surface area contributed by atoms with Crippen molar-refractivity contribution in [2.24, 2.45) is 0 Å². The number of nitrogens with zero attached hydrogens (tertiary/aromatic N) is 2. The number of fused-ring (bicyclic) bond motifs is 1. The summed E-state index contributed by atoms with van der Waals surface area (Å²) in [5, 5.41) is 2.78. The van der Waals surface area contributed by atoms with Crippen molar-refractivity contribution in [1.29, 1.82) is 0 Å². The number of imide groups is 1. The number of aromatic nitrogens is 1. The molecular weight excluding hydrogens is 310 g/mol. The summed E-state index contributed by atoms with van der Waals surface area (Å²) in [5.74, 6) is 1.13. The Morgan fingerprint density at radius 2 is 2.09 bits per heavy atom. The van der Waals surface area contributed by atoms with Crippen LogP contribution in [-0.2, 0) is 4.79 Å². The average molecular weight is 320 g/mol. The molecule has 0 unspecified atom stereocenters. The average Bonchev–Trinajstić information content (AvgIpc) is 2.95. The maximum Gasteiger partial charge on any atom is 0.332 e. The monoisotopic (exact) mass is 319 g/mol. The number of urea groups is 1. The molecule has 1 aromatic heterocycles. The molecule has 7 nitrogen and oxygen atoms in total. The first-order valence-corrected chi connectivity index (χ1v) is 6.62. The standard InChI is InChI=1S/C14H10ClN3O4/c15-13-6-10(3-4-16-13)18(7-19)14(20)17-9-1-2-11-12(5-9)22-8-21-11/h1-7H,8H2,(H,17,20). The number of ether oxygens (including phenoxy) is 2. The number of carbonyl (C=O) groups is 2. The number of amides is 3. The highest BCUT2D eigenvalue weighted by molar-refractivity contribution is 6.29. The van der Waals surface area contributed by atoms with Gasteiger partial charge in [-0.05, 0) is 24.3 Å². The predicted octanol–water partition coefficient (Wildman–Crippen LogP) is 2.66. The van der Waals surface area contributed by atoms with Crippen LogP contribution >= 0.6 is 11.6 Å². The second-order valence-corrected chi connectivity index (χ2v) is 4.70. The van der Waals surface area contributed by atoms with E-state index >= 15 is 0 Å². The molecule has 0 fully saturated rings. The Balaban J connectivity index is 1.79. The van der Waals surface area contributed by atoms with Gasteiger partial charge >= 0.3 is 6.03 Å². The smallest absolute Gasteiger partial charge is 0.332 e. The summed E-state index contributed by atoms with van der Waals surface area (Å²) in [4.78, 5) is 28.1. The number of anilines is 2. The molecule has 3 amide bonds. The lowest BCUT2D eigenvalue weighted by atomic mass is 10.3. The van der Waals surface area contributed by atoms with Crippen LogP contribution < -0.4 is 19.7 Å². The van der Waals surface area contributed by atoms with E-state index in [0.29, 0.717) is 29.3 Å². The Kier molecular flexibility index (Phi) is 3.80. The van der Waals surface area contributed by atoms with Gasteiger partial charge in [-0.2, -0.15) is 0 Å². The minimum atomic E-state index is -0.629. The van der Waals surface area contributed by atoms with Crippen LogP contribution in [0, 0.1) is 0 Å². The Hall–Kier alpha value is -2.80. The van der Waals surface area contributed by atoms with Crippen LogP contribution in [0.3, 0.4) is 0 Å². The first kappa shape index (κ1) is 14.2. The summed E-state index contributed by atoms with van der Waals surface area (Å²) in [7, 11) is 0. The Labute approximate surface area is 130 Å². The van der Waals surface area contributed by atoms with Gasteiger partial charge in [0.15, 0.2) is 11.5 Å². The van der Waals surface area contributed by atoms with E-state index in [1.54, 1.807) is 18.2 Å². The van der Waals surface area contributed by atoms with Crippen LogP contribution in [0.2, 0.25) is 5.15 Å². The molecule has 22 heavy (non-hydrogen) atoms. The summed E-state index contributed by atoms with van der Waals surface area (Å²) >= 11 is 5.76. The normalized spacial score (nSPS) is 11.9. The zero-order valence-corrected chi connectivity index (χ0v) is 11.9. The molecule has 0 atom stereocenters. The molecular formula is C14H10ClN3O4. The van der Waals surface area contributed by atoms with Crippen LogP contribution in [0.4, 0.5) is 16.2 Å². The highest BCUT2D eigenvalue weighted by Crippen LogP contribution is 2.34. The van der Waals surface area contributed by atoms with Gasteiger partial charge in [0, 0.05) is 18.0 Å². The number of nitrogens with one attached hydrogen (secondary N) is 1. The molecule has 2 heterocycles. The maximum atomic E-state index is 12.2. The quantitative estimate of drug-likeness (QED) is 0.695. The van der Waals surface area contributed by atoms with E-state index in [-0.39, 0.29) is 11.9 Å². The highest BCUT2D eigenvalue weighted by Gasteiger charge is 2.18. The highest BCUT2D eigenvalue weighted by atomic mass is 35.5. The van der Waals surface area contributed by atoms with E-state index < -0.39 is 6.03 Å². The number of benzene rings is 1.